The normalized spacial score (nSPS) is 15.0. The van der Waals surface area contributed by atoms with E-state index in [1.165, 1.54) is 0 Å². The molecule has 0 saturated carbocycles. The summed E-state index contributed by atoms with van der Waals surface area (Å²) >= 11 is 1.67. The lowest BCUT2D eigenvalue weighted by atomic mass is 9.95. The number of amides is 2. The summed E-state index contributed by atoms with van der Waals surface area (Å²) in [5, 5.41) is 9.07. The maximum atomic E-state index is 12.7. The van der Waals surface area contributed by atoms with Gasteiger partial charge < -0.3 is 15.4 Å². The van der Waals surface area contributed by atoms with Crippen molar-refractivity contribution in [2.24, 2.45) is 5.92 Å². The number of hydrogen-bond donors (Lipinski definition) is 2. The summed E-state index contributed by atoms with van der Waals surface area (Å²) in [6, 6.07) is 7.11. The molecule has 0 bridgehead atoms. The van der Waals surface area contributed by atoms with Gasteiger partial charge in [0.2, 0.25) is 5.91 Å². The van der Waals surface area contributed by atoms with Crippen LogP contribution in [0.4, 0.5) is 5.69 Å². The molecule has 2 N–H and O–H groups in total. The highest BCUT2D eigenvalue weighted by molar-refractivity contribution is 7.09. The van der Waals surface area contributed by atoms with Crippen LogP contribution < -0.4 is 10.6 Å². The lowest BCUT2D eigenvalue weighted by Gasteiger charge is -2.30. The van der Waals surface area contributed by atoms with E-state index in [0.29, 0.717) is 31.0 Å². The van der Waals surface area contributed by atoms with Gasteiger partial charge in [0, 0.05) is 48.9 Å². The largest absolute Gasteiger partial charge is 0.382 e. The molecule has 1 aliphatic heterocycles. The highest BCUT2D eigenvalue weighted by Crippen LogP contribution is 2.22. The van der Waals surface area contributed by atoms with E-state index in [2.05, 4.69) is 25.9 Å². The van der Waals surface area contributed by atoms with E-state index in [0.717, 1.165) is 49.6 Å². The highest BCUT2D eigenvalue weighted by Gasteiger charge is 2.25. The number of piperidine rings is 1. The minimum Gasteiger partial charge on any atom is -0.382 e. The molecule has 0 spiro atoms. The first-order valence-corrected chi connectivity index (χ1v) is 11.8. The van der Waals surface area contributed by atoms with Gasteiger partial charge in [-0.15, -0.1) is 11.3 Å². The van der Waals surface area contributed by atoms with Crippen LogP contribution in [-0.4, -0.2) is 54.5 Å². The number of aromatic nitrogens is 1. The molecule has 1 aliphatic rings. The zero-order valence-electron chi connectivity index (χ0n) is 18.4. The molecule has 0 atom stereocenters. The Bertz CT molecular complexity index is 862. The van der Waals surface area contributed by atoms with Crippen molar-refractivity contribution in [2.45, 2.75) is 39.7 Å². The van der Waals surface area contributed by atoms with Gasteiger partial charge in [-0.3, -0.25) is 14.5 Å². The molecule has 1 aromatic carbocycles. The van der Waals surface area contributed by atoms with E-state index in [-0.39, 0.29) is 17.7 Å². The lowest BCUT2D eigenvalue weighted by Crippen LogP contribution is -2.37. The number of nitrogens with one attached hydrogen (secondary N) is 2. The summed E-state index contributed by atoms with van der Waals surface area (Å²) in [4.78, 5) is 31.9. The molecule has 2 amide bonds. The number of anilines is 1. The van der Waals surface area contributed by atoms with Crippen LogP contribution in [0.3, 0.4) is 0 Å². The first-order valence-electron chi connectivity index (χ1n) is 11.0. The first kappa shape index (κ1) is 23.4. The van der Waals surface area contributed by atoms with Gasteiger partial charge in [-0.2, -0.15) is 0 Å². The summed E-state index contributed by atoms with van der Waals surface area (Å²) in [5.74, 6) is -0.124. The monoisotopic (exact) mass is 444 g/mol. The van der Waals surface area contributed by atoms with E-state index < -0.39 is 0 Å². The predicted molar refractivity (Wildman–Crippen MR) is 123 cm³/mol. The van der Waals surface area contributed by atoms with Crippen molar-refractivity contribution in [1.82, 2.24) is 15.2 Å². The third kappa shape index (κ3) is 7.41. The molecule has 2 aromatic rings. The Balaban J connectivity index is 1.44. The Morgan fingerprint density at radius 3 is 2.81 bits per heavy atom. The summed E-state index contributed by atoms with van der Waals surface area (Å²) in [6.07, 6.45) is 2.43. The molecule has 3 rings (SSSR count). The second-order valence-electron chi connectivity index (χ2n) is 7.78. The smallest absolute Gasteiger partial charge is 0.251 e. The molecule has 7 nitrogen and oxygen atoms in total. The van der Waals surface area contributed by atoms with Crippen LogP contribution in [0.2, 0.25) is 0 Å². The molecule has 1 fully saturated rings. The Hall–Kier alpha value is -2.29. The topological polar surface area (TPSA) is 83.6 Å². The zero-order valence-corrected chi connectivity index (χ0v) is 19.2. The number of thiazole rings is 1. The molecule has 1 saturated heterocycles. The predicted octanol–water partition coefficient (Wildman–Crippen LogP) is 3.46. The maximum Gasteiger partial charge on any atom is 0.251 e. The summed E-state index contributed by atoms with van der Waals surface area (Å²) < 4.78 is 5.27. The van der Waals surface area contributed by atoms with Gasteiger partial charge in [0.25, 0.3) is 5.91 Å². The van der Waals surface area contributed by atoms with Crippen molar-refractivity contribution >= 4 is 28.8 Å². The number of rotatable bonds is 10. The Kier molecular flexibility index (Phi) is 8.99. The standard InChI is InChI=1S/C23H32N4O3S/c1-3-30-13-5-10-24-22(28)19-6-4-7-20(14-19)26-23(29)18-8-11-27(12-9-18)15-21-16-31-17(2)25-21/h4,6-7,14,16,18H,3,5,8-13,15H2,1-2H3,(H,24,28)(H,26,29). The van der Waals surface area contributed by atoms with Crippen LogP contribution in [0, 0.1) is 12.8 Å². The molecule has 168 valence electrons. The molecular weight excluding hydrogens is 412 g/mol. The number of nitrogens with zero attached hydrogens (tertiary/aromatic N) is 2. The molecule has 0 aliphatic carbocycles. The Labute approximate surface area is 188 Å². The van der Waals surface area contributed by atoms with Gasteiger partial charge in [0.1, 0.15) is 0 Å². The number of aryl methyl sites for hydroxylation is 1. The van der Waals surface area contributed by atoms with Crippen molar-refractivity contribution in [3.05, 3.63) is 45.9 Å². The van der Waals surface area contributed by atoms with Gasteiger partial charge in [0.05, 0.1) is 10.7 Å². The SMILES string of the molecule is CCOCCCNC(=O)c1cccc(NC(=O)C2CCN(Cc3csc(C)n3)CC2)c1. The van der Waals surface area contributed by atoms with Crippen LogP contribution in [0.25, 0.3) is 0 Å². The number of ether oxygens (including phenoxy) is 1. The second kappa shape index (κ2) is 11.9. The quantitative estimate of drug-likeness (QED) is 0.549. The van der Waals surface area contributed by atoms with Crippen LogP contribution in [0.1, 0.15) is 47.2 Å². The average molecular weight is 445 g/mol. The fraction of sp³-hybridized carbons (Fsp3) is 0.522. The van der Waals surface area contributed by atoms with Crippen molar-refractivity contribution in [2.75, 3.05) is 38.2 Å². The highest BCUT2D eigenvalue weighted by atomic mass is 32.1. The van der Waals surface area contributed by atoms with E-state index in [1.54, 1.807) is 29.5 Å². The fourth-order valence-electron chi connectivity index (χ4n) is 3.67. The Morgan fingerprint density at radius 1 is 1.29 bits per heavy atom. The van der Waals surface area contributed by atoms with Crippen molar-refractivity contribution in [3.63, 3.8) is 0 Å². The van der Waals surface area contributed by atoms with E-state index >= 15 is 0 Å². The maximum absolute atomic E-state index is 12.7. The molecule has 8 heteroatoms. The molecule has 31 heavy (non-hydrogen) atoms. The first-order chi connectivity index (χ1) is 15.0. The molecule has 0 radical (unpaired) electrons. The van der Waals surface area contributed by atoms with E-state index in [1.807, 2.05) is 19.9 Å². The number of likely N-dealkylation sites (tertiary alicyclic amines) is 1. The van der Waals surface area contributed by atoms with Gasteiger partial charge >= 0.3 is 0 Å². The van der Waals surface area contributed by atoms with Crippen LogP contribution in [-0.2, 0) is 16.1 Å². The summed E-state index contributed by atoms with van der Waals surface area (Å²) in [7, 11) is 0. The zero-order chi connectivity index (χ0) is 22.1. The van der Waals surface area contributed by atoms with Crippen LogP contribution in [0.5, 0.6) is 0 Å². The average Bonchev–Trinajstić information content (AvgIpc) is 3.18. The third-order valence-electron chi connectivity index (χ3n) is 5.36. The van der Waals surface area contributed by atoms with Gasteiger partial charge in [0.15, 0.2) is 0 Å². The minimum absolute atomic E-state index is 0.00975. The van der Waals surface area contributed by atoms with Crippen molar-refractivity contribution in [3.8, 4) is 0 Å². The molecule has 2 heterocycles. The fourth-order valence-corrected chi connectivity index (χ4v) is 4.27. The van der Waals surface area contributed by atoms with Gasteiger partial charge in [-0.25, -0.2) is 4.98 Å². The summed E-state index contributed by atoms with van der Waals surface area (Å²) in [5.41, 5.74) is 2.31. The van der Waals surface area contributed by atoms with Crippen LogP contribution in [0.15, 0.2) is 29.6 Å². The van der Waals surface area contributed by atoms with Gasteiger partial charge in [-0.05, 0) is 64.4 Å². The molecular formula is C23H32N4O3S. The molecule has 0 unspecified atom stereocenters. The van der Waals surface area contributed by atoms with E-state index in [9.17, 15) is 9.59 Å². The lowest BCUT2D eigenvalue weighted by molar-refractivity contribution is -0.121. The number of carbonyl (C=O) groups excluding carboxylic acids is 2. The number of hydrogen-bond acceptors (Lipinski definition) is 6. The Morgan fingerprint density at radius 2 is 2.10 bits per heavy atom. The number of benzene rings is 1. The third-order valence-corrected chi connectivity index (χ3v) is 6.18. The van der Waals surface area contributed by atoms with Crippen molar-refractivity contribution < 1.29 is 14.3 Å². The molecule has 1 aromatic heterocycles. The minimum atomic E-state index is -0.141. The number of carbonyl (C=O) groups is 2. The van der Waals surface area contributed by atoms with E-state index in [4.69, 9.17) is 4.74 Å². The second-order valence-corrected chi connectivity index (χ2v) is 8.85. The van der Waals surface area contributed by atoms with Crippen LogP contribution >= 0.6 is 11.3 Å². The summed E-state index contributed by atoms with van der Waals surface area (Å²) in [6.45, 7) is 8.47. The van der Waals surface area contributed by atoms with Crippen molar-refractivity contribution in [1.29, 1.82) is 0 Å². The van der Waals surface area contributed by atoms with Gasteiger partial charge in [-0.1, -0.05) is 6.07 Å².